The number of guanidine groups is 1. The third-order valence-electron chi connectivity index (χ3n) is 3.51. The summed E-state index contributed by atoms with van der Waals surface area (Å²) in [7, 11) is 0. The van der Waals surface area contributed by atoms with Crippen LogP contribution >= 0.6 is 0 Å². The molecule has 0 spiro atoms. The number of nitriles is 1. The Balaban J connectivity index is 1.65. The fourth-order valence-corrected chi connectivity index (χ4v) is 2.25. The highest BCUT2D eigenvalue weighted by molar-refractivity contribution is 5.94. The van der Waals surface area contributed by atoms with Crippen molar-refractivity contribution in [3.05, 3.63) is 54.9 Å². The van der Waals surface area contributed by atoms with Crippen molar-refractivity contribution in [1.29, 1.82) is 5.26 Å². The van der Waals surface area contributed by atoms with Gasteiger partial charge in [0.05, 0.1) is 0 Å². The van der Waals surface area contributed by atoms with Gasteiger partial charge in [-0.2, -0.15) is 5.26 Å². The van der Waals surface area contributed by atoms with Gasteiger partial charge in [0, 0.05) is 36.7 Å². The van der Waals surface area contributed by atoms with Crippen LogP contribution in [-0.4, -0.2) is 23.4 Å². The number of benzene rings is 1. The van der Waals surface area contributed by atoms with Crippen molar-refractivity contribution in [3.63, 3.8) is 0 Å². The summed E-state index contributed by atoms with van der Waals surface area (Å²) in [6.07, 6.45) is 8.20. The van der Waals surface area contributed by atoms with Gasteiger partial charge in [0.2, 0.25) is 11.9 Å². The summed E-state index contributed by atoms with van der Waals surface area (Å²) in [5.41, 5.74) is 1.62. The van der Waals surface area contributed by atoms with Crippen molar-refractivity contribution in [1.82, 2.24) is 10.3 Å². The van der Waals surface area contributed by atoms with Crippen molar-refractivity contribution in [2.45, 2.75) is 25.7 Å². The number of unbranched alkanes of at least 4 members (excludes halogenated alkanes) is 2. The minimum Gasteiger partial charge on any atom is -0.326 e. The molecule has 0 aliphatic rings. The standard InChI is InChI=1S/C19H22N6O/c20-15-23-19(25-17-10-13-21-14-11-17)22-12-6-2-5-9-18(26)24-16-7-3-1-4-8-16/h1,3-4,7-8,10-11,13-14H,2,5-6,9,12H2,(H,24,26)(H2,21,22,23,25). The fraction of sp³-hybridized carbons (Fsp3) is 0.263. The Kier molecular flexibility index (Phi) is 8.16. The molecule has 0 aliphatic heterocycles. The highest BCUT2D eigenvalue weighted by atomic mass is 16.1. The second kappa shape index (κ2) is 11.2. The van der Waals surface area contributed by atoms with Crippen molar-refractivity contribution < 1.29 is 4.79 Å². The fourth-order valence-electron chi connectivity index (χ4n) is 2.25. The number of pyridine rings is 1. The number of rotatable bonds is 8. The molecule has 0 atom stereocenters. The zero-order valence-electron chi connectivity index (χ0n) is 14.5. The molecule has 134 valence electrons. The van der Waals surface area contributed by atoms with Crippen molar-refractivity contribution >= 4 is 23.2 Å². The Morgan fingerprint density at radius 2 is 1.73 bits per heavy atom. The van der Waals surface area contributed by atoms with Gasteiger partial charge in [-0.1, -0.05) is 24.6 Å². The maximum absolute atomic E-state index is 11.8. The molecule has 1 aromatic carbocycles. The van der Waals surface area contributed by atoms with Crippen LogP contribution in [0.15, 0.2) is 59.9 Å². The molecule has 2 aromatic rings. The highest BCUT2D eigenvalue weighted by Crippen LogP contribution is 2.08. The number of hydrogen-bond donors (Lipinski definition) is 3. The SMILES string of the molecule is N#CNC(=NCCCCCC(=O)Nc1ccccc1)Nc1ccncc1. The monoisotopic (exact) mass is 350 g/mol. The molecule has 0 saturated carbocycles. The Hall–Kier alpha value is -3.40. The smallest absolute Gasteiger partial charge is 0.224 e. The van der Waals surface area contributed by atoms with E-state index in [1.54, 1.807) is 24.5 Å². The van der Waals surface area contributed by atoms with Crippen LogP contribution in [0.4, 0.5) is 11.4 Å². The number of aliphatic imine (C=N–C) groups is 1. The molecular weight excluding hydrogens is 328 g/mol. The average molecular weight is 350 g/mol. The Morgan fingerprint density at radius 1 is 1.00 bits per heavy atom. The summed E-state index contributed by atoms with van der Waals surface area (Å²) in [6, 6.07) is 13.0. The second-order valence-electron chi connectivity index (χ2n) is 5.55. The number of para-hydroxylation sites is 1. The molecular formula is C19H22N6O. The zero-order chi connectivity index (χ0) is 18.5. The number of anilines is 2. The second-order valence-corrected chi connectivity index (χ2v) is 5.55. The molecule has 1 amide bonds. The van der Waals surface area contributed by atoms with Crippen molar-refractivity contribution in [2.24, 2.45) is 4.99 Å². The lowest BCUT2D eigenvalue weighted by atomic mass is 10.2. The van der Waals surface area contributed by atoms with Gasteiger partial charge < -0.3 is 10.6 Å². The molecule has 1 heterocycles. The number of carbonyl (C=O) groups excluding carboxylic acids is 1. The number of amides is 1. The molecule has 26 heavy (non-hydrogen) atoms. The quantitative estimate of drug-likeness (QED) is 0.223. The van der Waals surface area contributed by atoms with E-state index in [1.807, 2.05) is 36.5 Å². The van der Waals surface area contributed by atoms with Crippen LogP contribution in [-0.2, 0) is 4.79 Å². The maximum atomic E-state index is 11.8. The van der Waals surface area contributed by atoms with E-state index >= 15 is 0 Å². The first-order valence-electron chi connectivity index (χ1n) is 8.49. The van der Waals surface area contributed by atoms with Crippen LogP contribution in [0.1, 0.15) is 25.7 Å². The molecule has 7 nitrogen and oxygen atoms in total. The number of nitrogens with zero attached hydrogens (tertiary/aromatic N) is 3. The van der Waals surface area contributed by atoms with Crippen LogP contribution in [0.25, 0.3) is 0 Å². The van der Waals surface area contributed by atoms with Gasteiger partial charge in [-0.25, -0.2) is 0 Å². The van der Waals surface area contributed by atoms with Crippen molar-refractivity contribution in [3.8, 4) is 6.19 Å². The van der Waals surface area contributed by atoms with Gasteiger partial charge in [0.15, 0.2) is 6.19 Å². The van der Waals surface area contributed by atoms with Gasteiger partial charge in [0.25, 0.3) is 0 Å². The van der Waals surface area contributed by atoms with E-state index in [1.165, 1.54) is 0 Å². The molecule has 0 fully saturated rings. The zero-order valence-corrected chi connectivity index (χ0v) is 14.5. The average Bonchev–Trinajstić information content (AvgIpc) is 2.66. The maximum Gasteiger partial charge on any atom is 0.224 e. The number of aromatic nitrogens is 1. The summed E-state index contributed by atoms with van der Waals surface area (Å²) < 4.78 is 0. The lowest BCUT2D eigenvalue weighted by Gasteiger charge is -2.07. The van der Waals surface area contributed by atoms with Gasteiger partial charge >= 0.3 is 0 Å². The summed E-state index contributed by atoms with van der Waals surface area (Å²) in [5, 5.41) is 17.2. The van der Waals surface area contributed by atoms with E-state index in [0.29, 0.717) is 18.9 Å². The molecule has 3 N–H and O–H groups in total. The third-order valence-corrected chi connectivity index (χ3v) is 3.51. The van der Waals surface area contributed by atoms with E-state index in [9.17, 15) is 4.79 Å². The minimum absolute atomic E-state index is 0.0193. The minimum atomic E-state index is 0.0193. The number of carbonyl (C=O) groups is 1. The predicted octanol–water partition coefficient (Wildman–Crippen LogP) is 3.12. The predicted molar refractivity (Wildman–Crippen MR) is 102 cm³/mol. The lowest BCUT2D eigenvalue weighted by molar-refractivity contribution is -0.116. The molecule has 0 bridgehead atoms. The van der Waals surface area contributed by atoms with Gasteiger partial charge in [-0.05, 0) is 37.1 Å². The van der Waals surface area contributed by atoms with Crippen LogP contribution < -0.4 is 16.0 Å². The lowest BCUT2D eigenvalue weighted by Crippen LogP contribution is -2.27. The summed E-state index contributed by atoms with van der Waals surface area (Å²) in [4.78, 5) is 20.1. The van der Waals surface area contributed by atoms with Crippen LogP contribution in [0.5, 0.6) is 0 Å². The Bertz CT molecular complexity index is 740. The third kappa shape index (κ3) is 7.45. The van der Waals surface area contributed by atoms with Gasteiger partial charge in [-0.15, -0.1) is 0 Å². The van der Waals surface area contributed by atoms with Crippen LogP contribution in [0, 0.1) is 11.5 Å². The highest BCUT2D eigenvalue weighted by Gasteiger charge is 2.02. The van der Waals surface area contributed by atoms with Crippen LogP contribution in [0.2, 0.25) is 0 Å². The Labute approximate surface area is 153 Å². The first-order valence-corrected chi connectivity index (χ1v) is 8.49. The van der Waals surface area contributed by atoms with Gasteiger partial charge in [-0.3, -0.25) is 20.1 Å². The first kappa shape index (κ1) is 18.9. The van der Waals surface area contributed by atoms with E-state index in [0.717, 1.165) is 30.6 Å². The molecule has 0 aliphatic carbocycles. The topological polar surface area (TPSA) is 102 Å². The summed E-state index contributed by atoms with van der Waals surface area (Å²) in [6.45, 7) is 0.572. The van der Waals surface area contributed by atoms with Crippen LogP contribution in [0.3, 0.4) is 0 Å². The summed E-state index contributed by atoms with van der Waals surface area (Å²) in [5.74, 6) is 0.423. The van der Waals surface area contributed by atoms with E-state index < -0.39 is 0 Å². The molecule has 0 saturated heterocycles. The molecule has 1 aromatic heterocycles. The molecule has 2 rings (SSSR count). The largest absolute Gasteiger partial charge is 0.326 e. The first-order chi connectivity index (χ1) is 12.8. The summed E-state index contributed by atoms with van der Waals surface area (Å²) >= 11 is 0. The normalized spacial score (nSPS) is 10.7. The van der Waals surface area contributed by atoms with E-state index in [4.69, 9.17) is 5.26 Å². The van der Waals surface area contributed by atoms with Crippen molar-refractivity contribution in [2.75, 3.05) is 17.2 Å². The number of nitrogens with one attached hydrogen (secondary N) is 3. The molecule has 0 radical (unpaired) electrons. The number of hydrogen-bond acceptors (Lipinski definition) is 4. The van der Waals surface area contributed by atoms with E-state index in [-0.39, 0.29) is 5.91 Å². The molecule has 0 unspecified atom stereocenters. The molecule has 7 heteroatoms. The Morgan fingerprint density at radius 3 is 2.46 bits per heavy atom. The van der Waals surface area contributed by atoms with Gasteiger partial charge in [0.1, 0.15) is 0 Å². The van der Waals surface area contributed by atoms with E-state index in [2.05, 4.69) is 25.9 Å².